The number of ether oxygens (including phenoxy) is 3. The fourth-order valence-electron chi connectivity index (χ4n) is 7.47. The van der Waals surface area contributed by atoms with Gasteiger partial charge in [0.1, 0.15) is 5.82 Å². The molecule has 5 saturated heterocycles. The van der Waals surface area contributed by atoms with Crippen molar-refractivity contribution < 1.29 is 38.0 Å². The summed E-state index contributed by atoms with van der Waals surface area (Å²) in [4.78, 5) is 41.3. The summed E-state index contributed by atoms with van der Waals surface area (Å²) >= 11 is 0. The third-order valence-corrected chi connectivity index (χ3v) is 9.71. The van der Waals surface area contributed by atoms with Crippen molar-refractivity contribution in [3.63, 3.8) is 0 Å². The molecule has 10 heteroatoms. The Kier molecular flexibility index (Phi) is 7.10. The number of fused-ring (bicyclic) bond motifs is 2. The smallest absolute Gasteiger partial charge is 0.308 e. The second-order valence-electron chi connectivity index (χ2n) is 12.1. The highest BCUT2D eigenvalue weighted by atomic mass is 19.1. The molecule has 214 valence electrons. The van der Waals surface area contributed by atoms with Crippen LogP contribution in [0, 0.1) is 29.5 Å². The van der Waals surface area contributed by atoms with E-state index in [1.54, 1.807) is 23.1 Å². The summed E-state index contributed by atoms with van der Waals surface area (Å²) in [6, 6.07) is 6.66. The van der Waals surface area contributed by atoms with Crippen LogP contribution in [0.15, 0.2) is 24.3 Å². The van der Waals surface area contributed by atoms with E-state index in [1.807, 2.05) is 18.7 Å². The third kappa shape index (κ3) is 4.73. The van der Waals surface area contributed by atoms with E-state index in [9.17, 15) is 14.0 Å². The van der Waals surface area contributed by atoms with Crippen molar-refractivity contribution in [1.29, 1.82) is 0 Å². The van der Waals surface area contributed by atoms with Crippen LogP contribution >= 0.6 is 0 Å². The van der Waals surface area contributed by atoms with Gasteiger partial charge in [0.05, 0.1) is 12.1 Å². The molecule has 0 unspecified atom stereocenters. The van der Waals surface area contributed by atoms with E-state index < -0.39 is 29.9 Å². The molecule has 1 aromatic carbocycles. The quantitative estimate of drug-likeness (QED) is 0.405. The molecular weight excluding hydrogens is 507 g/mol. The summed E-state index contributed by atoms with van der Waals surface area (Å²) in [5, 5.41) is 0. The lowest BCUT2D eigenvalue weighted by molar-refractivity contribution is -0.576. The predicted molar refractivity (Wildman–Crippen MR) is 137 cm³/mol. The van der Waals surface area contributed by atoms with Gasteiger partial charge in [0.15, 0.2) is 11.9 Å². The van der Waals surface area contributed by atoms with Crippen LogP contribution in [0.25, 0.3) is 0 Å². The van der Waals surface area contributed by atoms with Crippen molar-refractivity contribution in [3.05, 3.63) is 30.1 Å². The summed E-state index contributed by atoms with van der Waals surface area (Å²) in [6.07, 6.45) is 2.18. The first-order valence-electron chi connectivity index (χ1n) is 14.4. The number of piperazine rings is 1. The molecule has 9 nitrogen and oxygen atoms in total. The topological polar surface area (TPSA) is 86.8 Å². The molecule has 6 fully saturated rings. The first-order chi connectivity index (χ1) is 18.7. The Labute approximate surface area is 228 Å². The Morgan fingerprint density at radius 3 is 2.56 bits per heavy atom. The maximum Gasteiger partial charge on any atom is 0.308 e. The zero-order chi connectivity index (χ0) is 27.4. The van der Waals surface area contributed by atoms with Crippen LogP contribution in [0.2, 0.25) is 0 Å². The molecule has 2 bridgehead atoms. The highest BCUT2D eigenvalue weighted by Crippen LogP contribution is 2.60. The molecule has 0 N–H and O–H groups in total. The lowest BCUT2D eigenvalue weighted by Crippen LogP contribution is -2.70. The van der Waals surface area contributed by atoms with Crippen LogP contribution in [0.3, 0.4) is 0 Å². The van der Waals surface area contributed by atoms with Gasteiger partial charge in [-0.15, -0.1) is 0 Å². The summed E-state index contributed by atoms with van der Waals surface area (Å²) in [5.41, 5.74) is -0.163. The van der Waals surface area contributed by atoms with Crippen LogP contribution in [0.1, 0.15) is 59.3 Å². The minimum atomic E-state index is -0.893. The van der Waals surface area contributed by atoms with Crippen LogP contribution in [-0.4, -0.2) is 66.9 Å². The molecule has 0 radical (unpaired) electrons. The fourth-order valence-corrected chi connectivity index (χ4v) is 7.47. The zero-order valence-electron chi connectivity index (χ0n) is 23.0. The lowest BCUT2D eigenvalue weighted by Gasteiger charge is -2.59. The van der Waals surface area contributed by atoms with E-state index in [1.165, 1.54) is 6.07 Å². The van der Waals surface area contributed by atoms with E-state index in [-0.39, 0.29) is 42.3 Å². The van der Waals surface area contributed by atoms with Gasteiger partial charge in [-0.05, 0) is 50.2 Å². The largest absolute Gasteiger partial charge is 0.435 e. The molecule has 7 rings (SSSR count). The molecule has 8 atom stereocenters. The summed E-state index contributed by atoms with van der Waals surface area (Å²) < 4.78 is 32.6. The SMILES string of the molecule is C[C@H]1[C@H](OC(=O)CCC(=O)N2CCN(c3ccccc3F)CC2)O[C@@H]2O[C@@]3(C)CC[C@H]4[C@H](C)CC[C@H]1[C@@]24OO3. The van der Waals surface area contributed by atoms with Gasteiger partial charge in [-0.25, -0.2) is 14.2 Å². The molecule has 1 amide bonds. The number of esters is 1. The maximum absolute atomic E-state index is 14.1. The van der Waals surface area contributed by atoms with E-state index in [0.29, 0.717) is 44.2 Å². The Bertz CT molecular complexity index is 1100. The van der Waals surface area contributed by atoms with Crippen LogP contribution in [0.5, 0.6) is 0 Å². The minimum Gasteiger partial charge on any atom is -0.435 e. The molecule has 5 aliphatic heterocycles. The number of carbonyl (C=O) groups is 2. The molecule has 0 aromatic heterocycles. The van der Waals surface area contributed by atoms with E-state index in [2.05, 4.69) is 6.92 Å². The van der Waals surface area contributed by atoms with Gasteiger partial charge in [-0.3, -0.25) is 9.59 Å². The molecule has 1 aromatic rings. The van der Waals surface area contributed by atoms with Gasteiger partial charge in [0, 0.05) is 50.9 Å². The second-order valence-corrected chi connectivity index (χ2v) is 12.1. The number of amides is 1. The van der Waals surface area contributed by atoms with Gasteiger partial charge >= 0.3 is 5.97 Å². The number of benzene rings is 1. The number of carbonyl (C=O) groups excluding carboxylic acids is 2. The summed E-state index contributed by atoms with van der Waals surface area (Å²) in [5.74, 6) is -1.10. The van der Waals surface area contributed by atoms with Crippen LogP contribution in [-0.2, 0) is 33.6 Å². The average Bonchev–Trinajstić information content (AvgIpc) is 3.16. The van der Waals surface area contributed by atoms with Gasteiger partial charge in [-0.2, -0.15) is 0 Å². The normalized spacial score (nSPS) is 39.6. The first-order valence-corrected chi connectivity index (χ1v) is 14.4. The van der Waals surface area contributed by atoms with Crippen LogP contribution < -0.4 is 4.90 Å². The molecule has 39 heavy (non-hydrogen) atoms. The molecule has 1 aliphatic carbocycles. The first kappa shape index (κ1) is 26.9. The summed E-state index contributed by atoms with van der Waals surface area (Å²) in [7, 11) is 0. The van der Waals surface area contributed by atoms with Gasteiger partial charge in [-0.1, -0.05) is 26.0 Å². The van der Waals surface area contributed by atoms with E-state index in [0.717, 1.165) is 19.3 Å². The van der Waals surface area contributed by atoms with Crippen molar-refractivity contribution in [3.8, 4) is 0 Å². The highest BCUT2D eigenvalue weighted by molar-refractivity contribution is 5.81. The Balaban J connectivity index is 1.04. The van der Waals surface area contributed by atoms with Gasteiger partial charge < -0.3 is 24.0 Å². The number of nitrogens with zero attached hydrogens (tertiary/aromatic N) is 2. The maximum atomic E-state index is 14.1. The molecule has 1 saturated carbocycles. The van der Waals surface area contributed by atoms with Gasteiger partial charge in [0.2, 0.25) is 18.0 Å². The van der Waals surface area contributed by atoms with Crippen molar-refractivity contribution in [2.24, 2.45) is 23.7 Å². The number of anilines is 1. The Morgan fingerprint density at radius 2 is 1.79 bits per heavy atom. The predicted octanol–water partition coefficient (Wildman–Crippen LogP) is 4.01. The van der Waals surface area contributed by atoms with E-state index in [4.69, 9.17) is 24.0 Å². The number of para-hydroxylation sites is 1. The van der Waals surface area contributed by atoms with Crippen molar-refractivity contribution in [2.45, 2.75) is 83.3 Å². The third-order valence-electron chi connectivity index (χ3n) is 9.71. The summed E-state index contributed by atoms with van der Waals surface area (Å²) in [6.45, 7) is 8.19. The number of rotatable bonds is 5. The number of hydrogen-bond donors (Lipinski definition) is 0. The average molecular weight is 547 g/mol. The second kappa shape index (κ2) is 10.3. The molecule has 6 aliphatic rings. The lowest BCUT2D eigenvalue weighted by atomic mass is 9.58. The minimum absolute atomic E-state index is 0.0305. The number of halogens is 1. The molecule has 1 spiro atoms. The fraction of sp³-hybridized carbons (Fsp3) is 0.724. The van der Waals surface area contributed by atoms with Crippen LogP contribution in [0.4, 0.5) is 10.1 Å². The monoisotopic (exact) mass is 546 g/mol. The molecule has 5 heterocycles. The Morgan fingerprint density at radius 1 is 1.03 bits per heavy atom. The van der Waals surface area contributed by atoms with Crippen molar-refractivity contribution in [1.82, 2.24) is 4.90 Å². The molecular formula is C29H39FN2O7. The highest BCUT2D eigenvalue weighted by Gasteiger charge is 2.69. The Hall–Kier alpha value is -2.27. The van der Waals surface area contributed by atoms with Crippen molar-refractivity contribution >= 4 is 17.6 Å². The number of hydrogen-bond acceptors (Lipinski definition) is 8. The standard InChI is InChI=1S/C29H39FN2O7/c1-18-8-9-21-19(2)26(36-27-29(21)20(18)12-13-28(3,37-27)38-39-29)35-25(34)11-10-24(33)32-16-14-31(15-17-32)23-7-5-4-6-22(23)30/h4-7,18-21,26-27H,8-17H2,1-3H3/t18-,19-,20+,21-,26-,27-,28-,29-/m1/s1. The zero-order valence-corrected chi connectivity index (χ0v) is 23.0. The van der Waals surface area contributed by atoms with Crippen molar-refractivity contribution in [2.75, 3.05) is 31.1 Å². The van der Waals surface area contributed by atoms with E-state index >= 15 is 0 Å². The van der Waals surface area contributed by atoms with Gasteiger partial charge in [0.25, 0.3) is 0 Å².